The largest absolute Gasteiger partial charge is 0.508 e. The van der Waals surface area contributed by atoms with Crippen molar-refractivity contribution in [2.24, 2.45) is 10.7 Å². The standard InChI is InChI=1S/C54H74ClN13O5S/c1-7-59-52(73)51(58-6)68(37(4)41-32-40(36(2)3)43(69)33-44(41)70)39-14-12-38(13-15-39)35-65-26-24-63(25-27-65)20-9-21-64-28-30-67(31-29-64)48(72)17-16-47(71)61-42-10-8-11-45(49(42)55)74-53-50(56)62-46(34-60-53)66-22-18-54(5,57)19-23-66/h8,10-15,32-34,36,69-70H,4,7,9,16-31,35,57H2,1-3,5-6H3,(H2,56,62)(H,59,73)(H,61,71). The van der Waals surface area contributed by atoms with Crippen LogP contribution in [-0.2, 0) is 20.9 Å². The second kappa shape index (κ2) is 25.5. The molecule has 8 N–H and O–H groups in total. The fourth-order valence-corrected chi connectivity index (χ4v) is 10.6. The first-order chi connectivity index (χ1) is 35.4. The van der Waals surface area contributed by atoms with Gasteiger partial charge in [0, 0.05) is 126 Å². The molecule has 3 aliphatic rings. The first-order valence-electron chi connectivity index (χ1n) is 25.7. The summed E-state index contributed by atoms with van der Waals surface area (Å²) in [7, 11) is 1.55. The Balaban J connectivity index is 0.805. The Bertz CT molecular complexity index is 2640. The average molecular weight is 1050 g/mol. The topological polar surface area (TPSA) is 225 Å². The summed E-state index contributed by atoms with van der Waals surface area (Å²) in [6, 6.07) is 16.4. The number of aromatic hydroxyl groups is 2. The second-order valence-electron chi connectivity index (χ2n) is 20.0. The fourth-order valence-electron chi connectivity index (χ4n) is 9.52. The van der Waals surface area contributed by atoms with E-state index in [9.17, 15) is 24.6 Å². The maximum absolute atomic E-state index is 13.3. The number of nitrogen functional groups attached to an aromatic ring is 1. The van der Waals surface area contributed by atoms with E-state index in [2.05, 4.69) is 58.7 Å². The third-order valence-corrected chi connectivity index (χ3v) is 15.6. The Labute approximate surface area is 445 Å². The molecule has 0 saturated carbocycles. The molecule has 4 heterocycles. The molecule has 3 saturated heterocycles. The van der Waals surface area contributed by atoms with Crippen molar-refractivity contribution in [2.45, 2.75) is 87.7 Å². The lowest BCUT2D eigenvalue weighted by Crippen LogP contribution is -2.50. The fraction of sp³-hybridized carbons (Fsp3) is 0.481. The highest BCUT2D eigenvalue weighted by Crippen LogP contribution is 2.40. The Morgan fingerprint density at radius 1 is 0.919 bits per heavy atom. The molecule has 0 unspecified atom stereocenters. The number of aromatic nitrogens is 2. The number of aliphatic imine (C=N–C) groups is 1. The van der Waals surface area contributed by atoms with Gasteiger partial charge in [-0.1, -0.05) is 62.0 Å². The van der Waals surface area contributed by atoms with Gasteiger partial charge in [0.25, 0.3) is 5.91 Å². The number of nitrogens with one attached hydrogen (secondary N) is 2. The number of anilines is 4. The van der Waals surface area contributed by atoms with E-state index in [0.717, 1.165) is 96.8 Å². The second-order valence-corrected chi connectivity index (χ2v) is 21.4. The minimum Gasteiger partial charge on any atom is -0.508 e. The van der Waals surface area contributed by atoms with E-state index in [1.54, 1.807) is 36.3 Å². The van der Waals surface area contributed by atoms with Crippen LogP contribution in [0.15, 0.2) is 82.3 Å². The van der Waals surface area contributed by atoms with Gasteiger partial charge in [0.1, 0.15) is 22.3 Å². The molecule has 3 amide bonds. The van der Waals surface area contributed by atoms with Gasteiger partial charge in [-0.2, -0.15) is 0 Å². The highest BCUT2D eigenvalue weighted by molar-refractivity contribution is 7.99. The SMILES string of the molecule is C=C(c1cc(C(C)C)c(O)cc1O)N(C(=NC)C(=O)NCC)c1ccc(CN2CCN(CCCN3CCN(C(=O)CCC(=O)Nc4cccc(Sc5ncc(N6CCC(C)(N)CC6)nc5N)c4Cl)CC3)CC2)cc1. The van der Waals surface area contributed by atoms with E-state index in [-0.39, 0.29) is 59.4 Å². The normalized spacial score (nSPS) is 16.8. The van der Waals surface area contributed by atoms with Gasteiger partial charge in [-0.25, -0.2) is 9.97 Å². The molecule has 18 nitrogen and oxygen atoms in total. The summed E-state index contributed by atoms with van der Waals surface area (Å²) in [5, 5.41) is 28.0. The maximum Gasteiger partial charge on any atom is 0.287 e. The number of hydrogen-bond acceptors (Lipinski definition) is 15. The molecule has 1 aromatic heterocycles. The van der Waals surface area contributed by atoms with Crippen LogP contribution in [0.25, 0.3) is 5.70 Å². The Hall–Kier alpha value is -5.96. The van der Waals surface area contributed by atoms with Crippen molar-refractivity contribution >= 4 is 75.6 Å². The van der Waals surface area contributed by atoms with E-state index < -0.39 is 0 Å². The molecule has 3 aromatic carbocycles. The van der Waals surface area contributed by atoms with Crippen molar-refractivity contribution in [3.63, 3.8) is 0 Å². The van der Waals surface area contributed by atoms with Crippen LogP contribution in [-0.4, -0.2) is 161 Å². The average Bonchev–Trinajstić information content (AvgIpc) is 3.37. The van der Waals surface area contributed by atoms with Crippen LogP contribution in [0.2, 0.25) is 5.02 Å². The van der Waals surface area contributed by atoms with Crippen molar-refractivity contribution < 1.29 is 24.6 Å². The number of piperidine rings is 1. The number of halogens is 1. The summed E-state index contributed by atoms with van der Waals surface area (Å²) in [5.74, 6) is 0.293. The van der Waals surface area contributed by atoms with E-state index in [0.29, 0.717) is 74.4 Å². The summed E-state index contributed by atoms with van der Waals surface area (Å²) in [6.45, 7) is 23.6. The summed E-state index contributed by atoms with van der Waals surface area (Å²) < 4.78 is 0. The van der Waals surface area contributed by atoms with Gasteiger partial charge in [0.15, 0.2) is 11.7 Å². The minimum absolute atomic E-state index is 0.00366. The molecule has 3 aliphatic heterocycles. The number of rotatable bonds is 18. The summed E-state index contributed by atoms with van der Waals surface area (Å²) >= 11 is 8.04. The number of hydrogen-bond donors (Lipinski definition) is 6. The van der Waals surface area contributed by atoms with Gasteiger partial charge in [0.05, 0.1) is 22.6 Å². The molecule has 3 fully saturated rings. The molecule has 7 rings (SSSR count). The van der Waals surface area contributed by atoms with E-state index in [1.807, 2.05) is 56.0 Å². The van der Waals surface area contributed by atoms with Crippen molar-refractivity contribution in [1.29, 1.82) is 0 Å². The van der Waals surface area contributed by atoms with Crippen LogP contribution >= 0.6 is 23.4 Å². The predicted octanol–water partition coefficient (Wildman–Crippen LogP) is 6.43. The highest BCUT2D eigenvalue weighted by Gasteiger charge is 2.29. The number of amides is 3. The summed E-state index contributed by atoms with van der Waals surface area (Å²) in [5.41, 5.74) is 16.1. The van der Waals surface area contributed by atoms with Crippen LogP contribution in [0.3, 0.4) is 0 Å². The number of carbonyl (C=O) groups excluding carboxylic acids is 3. The van der Waals surface area contributed by atoms with Crippen molar-refractivity contribution in [3.8, 4) is 11.5 Å². The first-order valence-corrected chi connectivity index (χ1v) is 26.9. The molecular formula is C54H74ClN13O5S. The Morgan fingerprint density at radius 2 is 1.57 bits per heavy atom. The number of piperazine rings is 2. The zero-order chi connectivity index (χ0) is 53.1. The van der Waals surface area contributed by atoms with Crippen LogP contribution in [0.1, 0.15) is 82.4 Å². The third-order valence-electron chi connectivity index (χ3n) is 14.0. The van der Waals surface area contributed by atoms with E-state index in [1.165, 1.54) is 17.8 Å². The van der Waals surface area contributed by atoms with Gasteiger partial charge in [-0.05, 0) is 93.6 Å². The monoisotopic (exact) mass is 1050 g/mol. The van der Waals surface area contributed by atoms with Gasteiger partial charge in [-0.15, -0.1) is 0 Å². The molecule has 4 aromatic rings. The number of amidine groups is 1. The number of nitrogens with zero attached hydrogens (tertiary/aromatic N) is 9. The van der Waals surface area contributed by atoms with Crippen LogP contribution < -0.4 is 31.9 Å². The number of nitrogens with two attached hydrogens (primary N) is 2. The zero-order valence-corrected chi connectivity index (χ0v) is 45.2. The van der Waals surface area contributed by atoms with Crippen LogP contribution in [0, 0.1) is 0 Å². The minimum atomic E-state index is -0.372. The lowest BCUT2D eigenvalue weighted by Gasteiger charge is -2.37. The van der Waals surface area contributed by atoms with Gasteiger partial charge in [0.2, 0.25) is 11.8 Å². The molecule has 0 atom stereocenters. The first kappa shape index (κ1) is 55.8. The maximum atomic E-state index is 13.3. The van der Waals surface area contributed by atoms with Crippen molar-refractivity contribution in [2.75, 3.05) is 113 Å². The van der Waals surface area contributed by atoms with Gasteiger partial charge < -0.3 is 47.0 Å². The lowest BCUT2D eigenvalue weighted by atomic mass is 9.91. The van der Waals surface area contributed by atoms with Gasteiger partial charge >= 0.3 is 0 Å². The van der Waals surface area contributed by atoms with E-state index in [4.69, 9.17) is 23.1 Å². The number of carbonyl (C=O) groups is 3. The van der Waals surface area contributed by atoms with Crippen LogP contribution in [0.4, 0.5) is 23.0 Å². The molecule has 0 radical (unpaired) electrons. The third kappa shape index (κ3) is 14.5. The zero-order valence-electron chi connectivity index (χ0n) is 43.6. The number of phenols is 2. The quantitative estimate of drug-likeness (QED) is 0.0467. The van der Waals surface area contributed by atoms with E-state index >= 15 is 0 Å². The number of likely N-dealkylation sites (N-methyl/N-ethyl adjacent to an activating group) is 1. The van der Waals surface area contributed by atoms with Crippen molar-refractivity contribution in [1.82, 2.24) is 34.9 Å². The Morgan fingerprint density at radius 3 is 2.19 bits per heavy atom. The molecule has 0 aliphatic carbocycles. The lowest BCUT2D eigenvalue weighted by molar-refractivity contribution is -0.134. The Kier molecular flexibility index (Phi) is 19.2. The number of benzene rings is 3. The van der Waals surface area contributed by atoms with Gasteiger partial charge in [-0.3, -0.25) is 34.1 Å². The molecule has 398 valence electrons. The van der Waals surface area contributed by atoms with Crippen molar-refractivity contribution in [3.05, 3.63) is 89.1 Å². The van der Waals surface area contributed by atoms with Crippen LogP contribution in [0.5, 0.6) is 11.5 Å². The smallest absolute Gasteiger partial charge is 0.287 e. The molecule has 0 bridgehead atoms. The molecular weight excluding hydrogens is 978 g/mol. The number of phenolic OH excluding ortho intramolecular Hbond substituents is 2. The summed E-state index contributed by atoms with van der Waals surface area (Å²) in [6.07, 6.45) is 4.64. The summed E-state index contributed by atoms with van der Waals surface area (Å²) in [4.78, 5) is 66.7. The highest BCUT2D eigenvalue weighted by atomic mass is 35.5. The predicted molar refractivity (Wildman–Crippen MR) is 297 cm³/mol. The molecule has 74 heavy (non-hydrogen) atoms. The molecule has 20 heteroatoms. The molecule has 0 spiro atoms.